The highest BCUT2D eigenvalue weighted by Crippen LogP contribution is 2.73. The first-order valence-corrected chi connectivity index (χ1v) is 9.22. The smallest absolute Gasteiger partial charge is 0.144 e. The monoisotopic (exact) mass is 342 g/mol. The van der Waals surface area contributed by atoms with Crippen LogP contribution in [-0.4, -0.2) is 28.8 Å². The Kier molecular flexibility index (Phi) is 3.77. The van der Waals surface area contributed by atoms with Gasteiger partial charge in [0.2, 0.25) is 0 Å². The zero-order chi connectivity index (χ0) is 16.8. The third kappa shape index (κ3) is 3.26. The molecule has 0 atom stereocenters. The second-order valence-corrected chi connectivity index (χ2v) is 8.26. The van der Waals surface area contributed by atoms with Crippen molar-refractivity contribution < 1.29 is 4.79 Å². The van der Waals surface area contributed by atoms with Gasteiger partial charge in [-0.15, -0.1) is 0 Å². The fourth-order valence-corrected chi connectivity index (χ4v) is 3.45. The summed E-state index contributed by atoms with van der Waals surface area (Å²) in [4.78, 5) is 20.0. The lowest BCUT2D eigenvalue weighted by Gasteiger charge is -2.10. The van der Waals surface area contributed by atoms with Gasteiger partial charge in [-0.25, -0.2) is 4.98 Å². The van der Waals surface area contributed by atoms with Gasteiger partial charge in [-0.05, 0) is 68.7 Å². The second-order valence-electron chi connectivity index (χ2n) is 7.38. The number of rotatable bonds is 5. The van der Waals surface area contributed by atoms with E-state index in [1.54, 1.807) is 18.1 Å². The first kappa shape index (κ1) is 15.8. The number of carbonyl (C=O) groups is 1. The molecule has 24 heavy (non-hydrogen) atoms. The van der Waals surface area contributed by atoms with Crippen molar-refractivity contribution in [2.24, 2.45) is 11.3 Å². The molecular weight excluding hydrogens is 320 g/mol. The Morgan fingerprint density at radius 1 is 1.29 bits per heavy atom. The van der Waals surface area contributed by atoms with Crippen molar-refractivity contribution in [2.45, 2.75) is 43.0 Å². The summed E-state index contributed by atoms with van der Waals surface area (Å²) in [5.74, 6) is 1.64. The number of nitrogens with one attached hydrogen (secondary N) is 2. The number of anilines is 1. The maximum Gasteiger partial charge on any atom is 0.144 e. The molecule has 2 aromatic rings. The molecule has 0 saturated heterocycles. The molecule has 2 N–H and O–H groups in total. The summed E-state index contributed by atoms with van der Waals surface area (Å²) >= 11 is 1.68. The highest BCUT2D eigenvalue weighted by Gasteiger charge is 2.69. The molecule has 0 spiro atoms. The first-order valence-electron chi connectivity index (χ1n) is 8.41. The Hall–Kier alpha value is -1.66. The van der Waals surface area contributed by atoms with Crippen LogP contribution in [0, 0.1) is 11.3 Å². The molecule has 0 unspecified atom stereocenters. The van der Waals surface area contributed by atoms with Gasteiger partial charge in [0.05, 0.1) is 17.2 Å². The summed E-state index contributed by atoms with van der Waals surface area (Å²) < 4.78 is 3.50. The SMILES string of the molecule is CNc1cnc2ccc(SNC3(C)CC3)cc2n1.O=CC12CC1C2. The third-order valence-electron chi connectivity index (χ3n) is 5.17. The van der Waals surface area contributed by atoms with Crippen LogP contribution in [0.15, 0.2) is 29.3 Å². The van der Waals surface area contributed by atoms with Crippen LogP contribution in [0.4, 0.5) is 5.82 Å². The summed E-state index contributed by atoms with van der Waals surface area (Å²) in [5.41, 5.74) is 2.46. The summed E-state index contributed by atoms with van der Waals surface area (Å²) in [6.07, 6.45) is 7.80. The Morgan fingerprint density at radius 2 is 2.04 bits per heavy atom. The quantitative estimate of drug-likeness (QED) is 0.641. The van der Waals surface area contributed by atoms with Gasteiger partial charge in [0, 0.05) is 22.9 Å². The van der Waals surface area contributed by atoms with Gasteiger partial charge in [0.15, 0.2) is 0 Å². The van der Waals surface area contributed by atoms with Crippen molar-refractivity contribution in [1.82, 2.24) is 14.7 Å². The minimum Gasteiger partial charge on any atom is -0.372 e. The van der Waals surface area contributed by atoms with Gasteiger partial charge in [-0.3, -0.25) is 9.71 Å². The first-order chi connectivity index (χ1) is 11.6. The minimum absolute atomic E-state index is 0.278. The number of nitrogens with zero attached hydrogens (tertiary/aromatic N) is 2. The normalized spacial score (nSPS) is 27.5. The van der Waals surface area contributed by atoms with Crippen LogP contribution in [-0.2, 0) is 4.79 Å². The Bertz CT molecular complexity index is 784. The number of fused-ring (bicyclic) bond motifs is 2. The van der Waals surface area contributed by atoms with Crippen LogP contribution < -0.4 is 10.0 Å². The number of aromatic nitrogens is 2. The molecule has 3 aliphatic rings. The maximum atomic E-state index is 9.93. The molecule has 0 amide bonds. The van der Waals surface area contributed by atoms with E-state index in [0.717, 1.165) is 29.1 Å². The molecule has 0 aliphatic heterocycles. The molecular formula is C18H22N4OS. The van der Waals surface area contributed by atoms with Gasteiger partial charge < -0.3 is 10.1 Å². The zero-order valence-corrected chi connectivity index (χ0v) is 14.8. The molecule has 1 heterocycles. The van der Waals surface area contributed by atoms with Crippen LogP contribution in [0.5, 0.6) is 0 Å². The number of carbonyl (C=O) groups excluding carboxylic acids is 1. The molecule has 1 aromatic carbocycles. The van der Waals surface area contributed by atoms with Crippen LogP contribution in [0.2, 0.25) is 0 Å². The molecule has 1 aromatic heterocycles. The number of hydrogen-bond acceptors (Lipinski definition) is 6. The fourth-order valence-electron chi connectivity index (χ4n) is 2.58. The molecule has 5 nitrogen and oxygen atoms in total. The highest BCUT2D eigenvalue weighted by molar-refractivity contribution is 7.97. The Labute approximate surface area is 146 Å². The number of hydrogen-bond donors (Lipinski definition) is 2. The van der Waals surface area contributed by atoms with Crippen molar-refractivity contribution in [3.8, 4) is 0 Å². The lowest BCUT2D eigenvalue weighted by molar-refractivity contribution is -0.110. The van der Waals surface area contributed by atoms with E-state index >= 15 is 0 Å². The molecule has 3 aliphatic carbocycles. The van der Waals surface area contributed by atoms with E-state index < -0.39 is 0 Å². The third-order valence-corrected chi connectivity index (χ3v) is 6.25. The van der Waals surface area contributed by atoms with E-state index in [9.17, 15) is 4.79 Å². The zero-order valence-electron chi connectivity index (χ0n) is 14.0. The van der Waals surface area contributed by atoms with Crippen LogP contribution in [0.25, 0.3) is 11.0 Å². The van der Waals surface area contributed by atoms with Crippen molar-refractivity contribution in [3.63, 3.8) is 0 Å². The molecule has 6 heteroatoms. The Balaban J connectivity index is 0.000000201. The molecule has 3 saturated carbocycles. The maximum absolute atomic E-state index is 9.93. The van der Waals surface area contributed by atoms with Crippen molar-refractivity contribution in [3.05, 3.63) is 24.4 Å². The van der Waals surface area contributed by atoms with Crippen molar-refractivity contribution in [1.29, 1.82) is 0 Å². The summed E-state index contributed by atoms with van der Waals surface area (Å²) in [7, 11) is 1.85. The number of benzene rings is 1. The summed E-state index contributed by atoms with van der Waals surface area (Å²) in [6.45, 7) is 2.25. The second kappa shape index (κ2) is 5.70. The van der Waals surface area contributed by atoms with Crippen molar-refractivity contribution >= 4 is 35.1 Å². The van der Waals surface area contributed by atoms with E-state index in [1.165, 1.54) is 30.6 Å². The fraction of sp³-hybridized carbons (Fsp3) is 0.500. The predicted molar refractivity (Wildman–Crippen MR) is 96.9 cm³/mol. The molecule has 3 fully saturated rings. The van der Waals surface area contributed by atoms with Gasteiger partial charge in [0.1, 0.15) is 12.1 Å². The van der Waals surface area contributed by atoms with Gasteiger partial charge in [-0.2, -0.15) is 0 Å². The van der Waals surface area contributed by atoms with Crippen LogP contribution in [0.3, 0.4) is 0 Å². The van der Waals surface area contributed by atoms with E-state index in [4.69, 9.17) is 0 Å². The molecule has 5 rings (SSSR count). The summed E-state index contributed by atoms with van der Waals surface area (Å²) in [5, 5.41) is 3.01. The standard InChI is InChI=1S/C13H16N4S.C5H6O/c1-13(5-6-13)17-18-9-3-4-10-11(7-9)16-12(14-2)8-15-10;6-3-5-1-4(5)2-5/h3-4,7-8,17H,5-6H2,1-2H3,(H,14,16);3-4H,1-2H2. The Morgan fingerprint density at radius 3 is 2.58 bits per heavy atom. The topological polar surface area (TPSA) is 66.9 Å². The summed E-state index contributed by atoms with van der Waals surface area (Å²) in [6, 6.07) is 6.17. The van der Waals surface area contributed by atoms with E-state index in [1.807, 2.05) is 13.1 Å². The molecule has 0 bridgehead atoms. The van der Waals surface area contributed by atoms with Gasteiger partial charge in [0.25, 0.3) is 0 Å². The van der Waals surface area contributed by atoms with E-state index in [-0.39, 0.29) is 5.41 Å². The van der Waals surface area contributed by atoms with Gasteiger partial charge >= 0.3 is 0 Å². The largest absolute Gasteiger partial charge is 0.372 e. The lowest BCUT2D eigenvalue weighted by atomic mass is 10.3. The number of aldehydes is 1. The minimum atomic E-state index is 0.278. The van der Waals surface area contributed by atoms with Crippen LogP contribution >= 0.6 is 11.9 Å². The predicted octanol–water partition coefficient (Wildman–Crippen LogP) is 3.42. The van der Waals surface area contributed by atoms with Crippen molar-refractivity contribution in [2.75, 3.05) is 12.4 Å². The van der Waals surface area contributed by atoms with Crippen LogP contribution in [0.1, 0.15) is 32.6 Å². The highest BCUT2D eigenvalue weighted by atomic mass is 32.2. The molecule has 0 radical (unpaired) electrons. The lowest BCUT2D eigenvalue weighted by Crippen LogP contribution is -2.19. The molecule has 126 valence electrons. The average molecular weight is 342 g/mol. The van der Waals surface area contributed by atoms with Gasteiger partial charge in [-0.1, -0.05) is 0 Å². The van der Waals surface area contributed by atoms with E-state index in [2.05, 4.69) is 39.1 Å². The average Bonchev–Trinajstić information content (AvgIpc) is 3.49. The van der Waals surface area contributed by atoms with E-state index in [0.29, 0.717) is 5.54 Å².